The highest BCUT2D eigenvalue weighted by Crippen LogP contribution is 2.35. The van der Waals surface area contributed by atoms with Gasteiger partial charge in [-0.1, -0.05) is 23.9 Å². The lowest BCUT2D eigenvalue weighted by atomic mass is 10.1. The number of amides is 1. The number of rotatable bonds is 7. The number of hydrogen-bond acceptors (Lipinski definition) is 8. The van der Waals surface area contributed by atoms with Crippen LogP contribution in [0.4, 0.5) is 5.69 Å². The minimum Gasteiger partial charge on any atom is -0.497 e. The quantitative estimate of drug-likeness (QED) is 0.403. The maximum atomic E-state index is 12.5. The van der Waals surface area contributed by atoms with Crippen LogP contribution in [-0.4, -0.2) is 50.1 Å². The fourth-order valence-corrected chi connectivity index (χ4v) is 4.32. The van der Waals surface area contributed by atoms with Crippen LogP contribution < -0.4 is 19.5 Å². The largest absolute Gasteiger partial charge is 0.497 e. The normalized spacial score (nSPS) is 12.1. The molecule has 0 radical (unpaired) electrons. The number of carbonyl (C=O) groups excluding carboxylic acids is 1. The van der Waals surface area contributed by atoms with Crippen molar-refractivity contribution in [3.63, 3.8) is 0 Å². The van der Waals surface area contributed by atoms with E-state index in [1.807, 2.05) is 49.1 Å². The van der Waals surface area contributed by atoms with Gasteiger partial charge in [-0.3, -0.25) is 9.48 Å². The van der Waals surface area contributed by atoms with Crippen LogP contribution in [-0.2, 0) is 18.9 Å². The highest BCUT2D eigenvalue weighted by Gasteiger charge is 2.20. The van der Waals surface area contributed by atoms with Gasteiger partial charge in [0.15, 0.2) is 22.5 Å². The summed E-state index contributed by atoms with van der Waals surface area (Å²) < 4.78 is 19.6. The average Bonchev–Trinajstić information content (AvgIpc) is 3.55. The van der Waals surface area contributed by atoms with Gasteiger partial charge in [-0.15, -0.1) is 10.2 Å². The summed E-state index contributed by atoms with van der Waals surface area (Å²) in [5.41, 5.74) is 3.17. The van der Waals surface area contributed by atoms with Crippen molar-refractivity contribution < 1.29 is 19.0 Å². The number of hydrogen-bond donors (Lipinski definition) is 1. The molecular weight excluding hydrogens is 456 g/mol. The van der Waals surface area contributed by atoms with Crippen molar-refractivity contribution in [2.45, 2.75) is 5.16 Å². The molecule has 1 aliphatic rings. The fraction of sp³-hybridized carbons (Fsp3) is 0.217. The van der Waals surface area contributed by atoms with E-state index in [4.69, 9.17) is 14.2 Å². The summed E-state index contributed by atoms with van der Waals surface area (Å²) in [6, 6.07) is 13.0. The average molecular weight is 479 g/mol. The van der Waals surface area contributed by atoms with E-state index in [9.17, 15) is 4.79 Å². The summed E-state index contributed by atoms with van der Waals surface area (Å²) in [6.45, 7) is 0.188. The first-order valence-electron chi connectivity index (χ1n) is 10.4. The molecule has 4 aromatic rings. The van der Waals surface area contributed by atoms with Gasteiger partial charge in [0.2, 0.25) is 12.7 Å². The summed E-state index contributed by atoms with van der Waals surface area (Å²) in [4.78, 5) is 12.5. The molecule has 1 amide bonds. The number of nitrogens with one attached hydrogen (secondary N) is 1. The van der Waals surface area contributed by atoms with Crippen LogP contribution >= 0.6 is 11.8 Å². The van der Waals surface area contributed by atoms with E-state index in [0.29, 0.717) is 28.2 Å². The van der Waals surface area contributed by atoms with E-state index in [2.05, 4.69) is 20.6 Å². The van der Waals surface area contributed by atoms with Gasteiger partial charge in [-0.2, -0.15) is 5.10 Å². The van der Waals surface area contributed by atoms with E-state index in [-0.39, 0.29) is 18.5 Å². The summed E-state index contributed by atoms with van der Waals surface area (Å²) in [7, 11) is 5.36. The predicted octanol–water partition coefficient (Wildman–Crippen LogP) is 3.35. The highest BCUT2D eigenvalue weighted by molar-refractivity contribution is 7.99. The van der Waals surface area contributed by atoms with E-state index < -0.39 is 0 Å². The first-order valence-corrected chi connectivity index (χ1v) is 11.4. The van der Waals surface area contributed by atoms with Crippen LogP contribution in [0.1, 0.15) is 0 Å². The Morgan fingerprint density at radius 2 is 2.00 bits per heavy atom. The van der Waals surface area contributed by atoms with Gasteiger partial charge in [0.25, 0.3) is 0 Å². The maximum Gasteiger partial charge on any atom is 0.234 e. The highest BCUT2D eigenvalue weighted by atomic mass is 32.2. The Balaban J connectivity index is 1.31. The smallest absolute Gasteiger partial charge is 0.234 e. The third-order valence-corrected chi connectivity index (χ3v) is 6.26. The van der Waals surface area contributed by atoms with Crippen molar-refractivity contribution in [1.29, 1.82) is 0 Å². The number of methoxy groups -OCH3 is 1. The summed E-state index contributed by atoms with van der Waals surface area (Å²) in [5, 5.41) is 16.8. The molecule has 11 heteroatoms. The van der Waals surface area contributed by atoms with E-state index in [1.165, 1.54) is 11.8 Å². The van der Waals surface area contributed by atoms with Crippen molar-refractivity contribution in [1.82, 2.24) is 24.5 Å². The minimum absolute atomic E-state index is 0.160. The zero-order valence-corrected chi connectivity index (χ0v) is 19.6. The Kier molecular flexibility index (Phi) is 5.84. The molecule has 0 fully saturated rings. The number of carbonyl (C=O) groups is 1. The van der Waals surface area contributed by atoms with E-state index >= 15 is 0 Å². The predicted molar refractivity (Wildman–Crippen MR) is 127 cm³/mol. The molecule has 0 saturated heterocycles. The van der Waals surface area contributed by atoms with Crippen LogP contribution in [0.2, 0.25) is 0 Å². The topological polar surface area (TPSA) is 105 Å². The molecule has 2 aromatic carbocycles. The van der Waals surface area contributed by atoms with Gasteiger partial charge < -0.3 is 24.1 Å². The molecule has 0 aliphatic carbocycles. The lowest BCUT2D eigenvalue weighted by Crippen LogP contribution is -2.14. The van der Waals surface area contributed by atoms with Crippen molar-refractivity contribution in [3.8, 4) is 39.9 Å². The van der Waals surface area contributed by atoms with Crippen molar-refractivity contribution in [2.75, 3.05) is 25.0 Å². The molecular formula is C23H22N6O4S. The van der Waals surface area contributed by atoms with Crippen molar-refractivity contribution in [3.05, 3.63) is 48.7 Å². The van der Waals surface area contributed by atoms with Gasteiger partial charge in [0.1, 0.15) is 11.4 Å². The number of aryl methyl sites for hydroxylation is 1. The molecule has 1 aliphatic heterocycles. The van der Waals surface area contributed by atoms with Gasteiger partial charge in [-0.05, 0) is 24.3 Å². The zero-order chi connectivity index (χ0) is 23.7. The van der Waals surface area contributed by atoms with Gasteiger partial charge in [-0.25, -0.2) is 0 Å². The second-order valence-corrected chi connectivity index (χ2v) is 8.51. The standard InChI is InChI=1S/C23H22N6O4S/c1-28-11-17(21(27-28)14-5-4-6-16(9-14)31-3)22-25-26-23(29(22)2)34-12-20(30)24-15-7-8-18-19(10-15)33-13-32-18/h4-11H,12-13H2,1-3H3,(H,24,30). The van der Waals surface area contributed by atoms with Crippen LogP contribution in [0.3, 0.4) is 0 Å². The lowest BCUT2D eigenvalue weighted by molar-refractivity contribution is -0.113. The maximum absolute atomic E-state index is 12.5. The van der Waals surface area contributed by atoms with Gasteiger partial charge in [0, 0.05) is 37.6 Å². The second kappa shape index (κ2) is 9.10. The monoisotopic (exact) mass is 478 g/mol. The third-order valence-electron chi connectivity index (χ3n) is 5.24. The molecule has 0 atom stereocenters. The van der Waals surface area contributed by atoms with Crippen LogP contribution in [0.25, 0.3) is 22.6 Å². The number of nitrogens with zero attached hydrogens (tertiary/aromatic N) is 5. The molecule has 0 spiro atoms. The molecule has 3 heterocycles. The first-order chi connectivity index (χ1) is 16.5. The molecule has 5 rings (SSSR count). The fourth-order valence-electron chi connectivity index (χ4n) is 3.61. The summed E-state index contributed by atoms with van der Waals surface area (Å²) in [6.07, 6.45) is 1.90. The summed E-state index contributed by atoms with van der Waals surface area (Å²) >= 11 is 1.30. The number of anilines is 1. The molecule has 34 heavy (non-hydrogen) atoms. The molecule has 0 unspecified atom stereocenters. The number of ether oxygens (including phenoxy) is 3. The lowest BCUT2D eigenvalue weighted by Gasteiger charge is -2.07. The van der Waals surface area contributed by atoms with Gasteiger partial charge >= 0.3 is 0 Å². The molecule has 1 N–H and O–H groups in total. The van der Waals surface area contributed by atoms with Crippen molar-refractivity contribution >= 4 is 23.4 Å². The molecule has 174 valence electrons. The zero-order valence-electron chi connectivity index (χ0n) is 18.8. The second-order valence-electron chi connectivity index (χ2n) is 7.57. The molecule has 2 aromatic heterocycles. The van der Waals surface area contributed by atoms with Crippen LogP contribution in [0, 0.1) is 0 Å². The first kappa shape index (κ1) is 21.8. The van der Waals surface area contributed by atoms with Crippen molar-refractivity contribution in [2.24, 2.45) is 14.1 Å². The molecule has 10 nitrogen and oxygen atoms in total. The van der Waals surface area contributed by atoms with Crippen LogP contribution in [0.5, 0.6) is 17.2 Å². The van der Waals surface area contributed by atoms with Gasteiger partial charge in [0.05, 0.1) is 18.4 Å². The Morgan fingerprint density at radius 1 is 1.15 bits per heavy atom. The Hall–Kier alpha value is -3.99. The molecule has 0 saturated carbocycles. The van der Waals surface area contributed by atoms with Crippen LogP contribution in [0.15, 0.2) is 53.8 Å². The molecule has 0 bridgehead atoms. The SMILES string of the molecule is COc1cccc(-c2nn(C)cc2-c2nnc(SCC(=O)Nc3ccc4c(c3)OCO4)n2C)c1. The number of thioether (sulfide) groups is 1. The number of fused-ring (bicyclic) bond motifs is 1. The number of aromatic nitrogens is 5. The Bertz CT molecular complexity index is 1370. The van der Waals surface area contributed by atoms with E-state index in [1.54, 1.807) is 30.0 Å². The Labute approximate surface area is 199 Å². The number of benzene rings is 2. The summed E-state index contributed by atoms with van der Waals surface area (Å²) in [5.74, 6) is 2.71. The minimum atomic E-state index is -0.160. The van der Waals surface area contributed by atoms with E-state index in [0.717, 1.165) is 22.6 Å². The Morgan fingerprint density at radius 3 is 2.85 bits per heavy atom. The third kappa shape index (κ3) is 4.29.